The Morgan fingerprint density at radius 2 is 1.52 bits per heavy atom. The fourth-order valence-corrected chi connectivity index (χ4v) is 5.11. The summed E-state index contributed by atoms with van der Waals surface area (Å²) in [5, 5.41) is 12.4. The molecule has 0 aromatic heterocycles. The van der Waals surface area contributed by atoms with Crippen molar-refractivity contribution >= 4 is 35.1 Å². The number of methoxy groups -OCH3 is 1. The number of benzene rings is 3. The average Bonchev–Trinajstić information content (AvgIpc) is 3.09. The van der Waals surface area contributed by atoms with E-state index in [4.69, 9.17) is 14.2 Å². The highest BCUT2D eigenvalue weighted by molar-refractivity contribution is 6.08. The van der Waals surface area contributed by atoms with Crippen molar-refractivity contribution in [2.75, 3.05) is 30.5 Å². The molecule has 0 spiro atoms. The molecule has 1 aliphatic rings. The molecule has 252 valence electrons. The van der Waals surface area contributed by atoms with Crippen LogP contribution in [-0.4, -0.2) is 49.1 Å². The third-order valence-electron chi connectivity index (χ3n) is 7.76. The summed E-state index contributed by atoms with van der Waals surface area (Å²) in [7, 11) is 1.60. The molecule has 0 aliphatic heterocycles. The monoisotopic (exact) mass is 654 g/mol. The molecule has 0 saturated heterocycles. The van der Waals surface area contributed by atoms with Crippen molar-refractivity contribution in [2.45, 2.75) is 51.9 Å². The number of aliphatic carboxylic acids is 1. The summed E-state index contributed by atoms with van der Waals surface area (Å²) in [5.41, 5.74) is 1.41. The fourth-order valence-electron chi connectivity index (χ4n) is 5.11. The van der Waals surface area contributed by atoms with Crippen LogP contribution in [0.4, 0.5) is 11.4 Å². The number of ether oxygens (including phenoxy) is 3. The number of nitrogens with zero attached hydrogens (tertiary/aromatic N) is 1. The van der Waals surface area contributed by atoms with E-state index < -0.39 is 24.4 Å². The van der Waals surface area contributed by atoms with Gasteiger partial charge in [-0.15, -0.1) is 0 Å². The first-order chi connectivity index (χ1) is 23.2. The predicted octanol–water partition coefficient (Wildman–Crippen LogP) is 7.42. The highest BCUT2D eigenvalue weighted by Crippen LogP contribution is 2.24. The lowest BCUT2D eigenvalue weighted by molar-refractivity contribution is -0.135. The number of anilines is 2. The van der Waals surface area contributed by atoms with Gasteiger partial charge in [-0.3, -0.25) is 19.3 Å². The number of nitrogens with one attached hydrogen (secondary N) is 1. The van der Waals surface area contributed by atoms with Crippen molar-refractivity contribution in [3.63, 3.8) is 0 Å². The average molecular weight is 655 g/mol. The highest BCUT2D eigenvalue weighted by Gasteiger charge is 2.21. The lowest BCUT2D eigenvalue weighted by atomic mass is 9.96. The summed E-state index contributed by atoms with van der Waals surface area (Å²) >= 11 is 0. The molecule has 2 N–H and O–H groups in total. The van der Waals surface area contributed by atoms with Crippen LogP contribution in [0.1, 0.15) is 72.6 Å². The minimum absolute atomic E-state index is 0.0606. The standard InChI is InChI=1S/C38H42N2O8/c1-3-4-5-6-7-24-47-33-20-12-29(13-21-33)38(45)48-34-22-16-31(17-23-34)40(26-36(42)43)37(44)28-10-14-30(15-11-28)39-35(41)25-27-8-18-32(46-2)19-9-27/h8,10-23,27H,3-7,9,24-26H2,1-2H3,(H,39,41)(H,42,43). The van der Waals surface area contributed by atoms with E-state index in [9.17, 15) is 24.3 Å². The largest absolute Gasteiger partial charge is 0.497 e. The summed E-state index contributed by atoms with van der Waals surface area (Å²) in [5.74, 6) is -0.724. The van der Waals surface area contributed by atoms with E-state index in [-0.39, 0.29) is 23.1 Å². The van der Waals surface area contributed by atoms with E-state index in [2.05, 4.69) is 12.2 Å². The summed E-state index contributed by atoms with van der Waals surface area (Å²) in [6.07, 6.45) is 12.5. The summed E-state index contributed by atoms with van der Waals surface area (Å²) in [6.45, 7) is 2.22. The maximum Gasteiger partial charge on any atom is 0.343 e. The number of carboxylic acids is 1. The van der Waals surface area contributed by atoms with Crippen LogP contribution in [0.3, 0.4) is 0 Å². The first kappa shape index (κ1) is 35.5. The van der Waals surface area contributed by atoms with Crippen molar-refractivity contribution in [3.8, 4) is 11.5 Å². The molecule has 3 aromatic carbocycles. The van der Waals surface area contributed by atoms with Gasteiger partial charge in [0, 0.05) is 23.4 Å². The molecule has 48 heavy (non-hydrogen) atoms. The SMILES string of the molecule is CCCCCCCOc1ccc(C(=O)Oc2ccc(N(CC(=O)O)C(=O)c3ccc(NC(=O)CC4C=CC(OC)=CC4)cc3)cc2)cc1. The number of unbranched alkanes of at least 4 members (excludes halogenated alkanes) is 4. The van der Waals surface area contributed by atoms with Crippen molar-refractivity contribution in [2.24, 2.45) is 5.92 Å². The predicted molar refractivity (Wildman–Crippen MR) is 183 cm³/mol. The quantitative estimate of drug-likeness (QED) is 0.0873. The van der Waals surface area contributed by atoms with E-state index in [0.717, 1.165) is 23.5 Å². The van der Waals surface area contributed by atoms with Crippen molar-refractivity contribution in [1.29, 1.82) is 0 Å². The van der Waals surface area contributed by atoms with Crippen LogP contribution < -0.4 is 19.7 Å². The second-order valence-electron chi connectivity index (χ2n) is 11.5. The Bertz CT molecular complexity index is 1600. The zero-order chi connectivity index (χ0) is 34.3. The zero-order valence-corrected chi connectivity index (χ0v) is 27.4. The topological polar surface area (TPSA) is 131 Å². The van der Waals surface area contributed by atoms with Crippen LogP contribution in [0.15, 0.2) is 96.8 Å². The number of carbonyl (C=O) groups excluding carboxylic acids is 3. The number of esters is 1. The molecule has 1 unspecified atom stereocenters. The molecular weight excluding hydrogens is 612 g/mol. The van der Waals surface area contributed by atoms with Gasteiger partial charge in [0.15, 0.2) is 0 Å². The number of rotatable bonds is 17. The van der Waals surface area contributed by atoms with E-state index in [1.165, 1.54) is 55.7 Å². The number of hydrogen-bond acceptors (Lipinski definition) is 7. The van der Waals surface area contributed by atoms with Crippen LogP contribution in [0.5, 0.6) is 11.5 Å². The molecule has 10 nitrogen and oxygen atoms in total. The second kappa shape index (κ2) is 18.1. The molecular formula is C38H42N2O8. The van der Waals surface area contributed by atoms with Crippen molar-refractivity contribution < 1.29 is 38.5 Å². The molecule has 1 aliphatic carbocycles. The van der Waals surface area contributed by atoms with Gasteiger partial charge in [0.25, 0.3) is 5.91 Å². The Labute approximate surface area is 281 Å². The van der Waals surface area contributed by atoms with Crippen LogP contribution in [0.25, 0.3) is 0 Å². The number of amides is 2. The van der Waals surface area contributed by atoms with Gasteiger partial charge < -0.3 is 24.6 Å². The molecule has 0 bridgehead atoms. The molecule has 0 saturated carbocycles. The molecule has 3 aromatic rings. The van der Waals surface area contributed by atoms with E-state index in [0.29, 0.717) is 42.1 Å². The van der Waals surface area contributed by atoms with E-state index in [1.54, 1.807) is 43.5 Å². The van der Waals surface area contributed by atoms with Crippen LogP contribution in [0.2, 0.25) is 0 Å². The number of carbonyl (C=O) groups is 4. The van der Waals surface area contributed by atoms with Gasteiger partial charge in [0.1, 0.15) is 23.8 Å². The minimum atomic E-state index is -1.20. The van der Waals surface area contributed by atoms with Gasteiger partial charge in [-0.05, 0) is 104 Å². The van der Waals surface area contributed by atoms with Crippen molar-refractivity contribution in [3.05, 3.63) is 108 Å². The van der Waals surface area contributed by atoms with Gasteiger partial charge in [0.2, 0.25) is 5.91 Å². The normalized spacial score (nSPS) is 13.6. The van der Waals surface area contributed by atoms with E-state index in [1.807, 2.05) is 18.2 Å². The lowest BCUT2D eigenvalue weighted by Crippen LogP contribution is -2.35. The second-order valence-corrected chi connectivity index (χ2v) is 11.5. The maximum absolute atomic E-state index is 13.4. The zero-order valence-electron chi connectivity index (χ0n) is 27.4. The Morgan fingerprint density at radius 3 is 2.15 bits per heavy atom. The third kappa shape index (κ3) is 10.9. The van der Waals surface area contributed by atoms with Gasteiger partial charge in [-0.25, -0.2) is 4.79 Å². The van der Waals surface area contributed by atoms with Crippen LogP contribution in [-0.2, 0) is 14.3 Å². The first-order valence-electron chi connectivity index (χ1n) is 16.2. The van der Waals surface area contributed by atoms with Crippen LogP contribution in [0, 0.1) is 5.92 Å². The molecule has 0 heterocycles. The molecule has 10 heteroatoms. The van der Waals surface area contributed by atoms with Crippen molar-refractivity contribution in [1.82, 2.24) is 0 Å². The van der Waals surface area contributed by atoms with Crippen LogP contribution >= 0.6 is 0 Å². The first-order valence-corrected chi connectivity index (χ1v) is 16.2. The Morgan fingerprint density at radius 1 is 0.854 bits per heavy atom. The molecule has 2 amide bonds. The molecule has 0 radical (unpaired) electrons. The molecule has 1 atom stereocenters. The van der Waals surface area contributed by atoms with Gasteiger partial charge in [-0.2, -0.15) is 0 Å². The summed E-state index contributed by atoms with van der Waals surface area (Å²) in [4.78, 5) is 51.4. The lowest BCUT2D eigenvalue weighted by Gasteiger charge is -2.21. The number of allylic oxidation sites excluding steroid dienone is 3. The summed E-state index contributed by atoms with van der Waals surface area (Å²) < 4.78 is 16.4. The van der Waals surface area contributed by atoms with Gasteiger partial charge in [0.05, 0.1) is 19.3 Å². The fraction of sp³-hybridized carbons (Fsp3) is 0.316. The minimum Gasteiger partial charge on any atom is -0.497 e. The van der Waals surface area contributed by atoms with Gasteiger partial charge >= 0.3 is 11.9 Å². The Hall–Kier alpha value is -5.38. The summed E-state index contributed by atoms with van der Waals surface area (Å²) in [6, 6.07) is 19.0. The number of hydrogen-bond donors (Lipinski definition) is 2. The molecule has 4 rings (SSSR count). The van der Waals surface area contributed by atoms with Gasteiger partial charge in [-0.1, -0.05) is 38.7 Å². The molecule has 0 fully saturated rings. The Balaban J connectivity index is 1.31. The highest BCUT2D eigenvalue weighted by atomic mass is 16.5. The number of carboxylic acid groups (broad SMARTS) is 1. The van der Waals surface area contributed by atoms with E-state index >= 15 is 0 Å². The smallest absolute Gasteiger partial charge is 0.343 e. The maximum atomic E-state index is 13.4. The Kier molecular flexibility index (Phi) is 13.4. The third-order valence-corrected chi connectivity index (χ3v) is 7.76.